The zero-order chi connectivity index (χ0) is 40.8. The fraction of sp³-hybridized carbons (Fsp3) is 0.0172. The van der Waals surface area contributed by atoms with Crippen molar-refractivity contribution in [2.24, 2.45) is 0 Å². The molecule has 13 rings (SSSR count). The van der Waals surface area contributed by atoms with E-state index < -0.39 is 5.41 Å². The highest BCUT2D eigenvalue weighted by atomic mass is 16.3. The van der Waals surface area contributed by atoms with Gasteiger partial charge < -0.3 is 4.42 Å². The van der Waals surface area contributed by atoms with Crippen LogP contribution in [0.1, 0.15) is 22.3 Å². The van der Waals surface area contributed by atoms with E-state index in [9.17, 15) is 0 Å². The minimum absolute atomic E-state index is 0.552. The molecule has 2 heterocycles. The molecule has 0 atom stereocenters. The van der Waals surface area contributed by atoms with Crippen LogP contribution in [0.3, 0.4) is 0 Å². The lowest BCUT2D eigenvalue weighted by atomic mass is 9.65. The fourth-order valence-electron chi connectivity index (χ4n) is 10.3. The normalized spacial score (nSPS) is 13.0. The minimum atomic E-state index is -0.628. The number of para-hydroxylation sites is 2. The van der Waals surface area contributed by atoms with Crippen molar-refractivity contribution in [3.05, 3.63) is 235 Å². The van der Waals surface area contributed by atoms with Crippen molar-refractivity contribution >= 4 is 21.9 Å². The van der Waals surface area contributed by atoms with E-state index in [-0.39, 0.29) is 0 Å². The number of rotatable bonds is 4. The Morgan fingerprint density at radius 3 is 1.45 bits per heavy atom. The maximum atomic E-state index is 6.59. The van der Waals surface area contributed by atoms with Crippen molar-refractivity contribution in [1.82, 2.24) is 15.0 Å². The third-order valence-electron chi connectivity index (χ3n) is 13.0. The van der Waals surface area contributed by atoms with Gasteiger partial charge in [-0.1, -0.05) is 188 Å². The van der Waals surface area contributed by atoms with Crippen molar-refractivity contribution in [2.75, 3.05) is 0 Å². The molecule has 0 unspecified atom stereocenters. The van der Waals surface area contributed by atoms with Gasteiger partial charge in [0, 0.05) is 21.9 Å². The van der Waals surface area contributed by atoms with E-state index in [4.69, 9.17) is 19.4 Å². The van der Waals surface area contributed by atoms with Gasteiger partial charge in [-0.15, -0.1) is 0 Å². The number of hydrogen-bond donors (Lipinski definition) is 0. The fourth-order valence-corrected chi connectivity index (χ4v) is 10.3. The monoisotopic (exact) mass is 789 g/mol. The molecule has 1 spiro atoms. The molecule has 0 saturated carbocycles. The quantitative estimate of drug-likeness (QED) is 0.178. The van der Waals surface area contributed by atoms with Crippen LogP contribution in [0.15, 0.2) is 217 Å². The Bertz CT molecular complexity index is 3560. The van der Waals surface area contributed by atoms with Crippen LogP contribution in [0, 0.1) is 0 Å². The van der Waals surface area contributed by atoms with Crippen LogP contribution in [0.2, 0.25) is 0 Å². The summed E-state index contributed by atoms with van der Waals surface area (Å²) in [6.07, 6.45) is 0. The molecule has 4 heteroatoms. The van der Waals surface area contributed by atoms with Gasteiger partial charge in [0.25, 0.3) is 0 Å². The molecule has 0 bridgehead atoms. The summed E-state index contributed by atoms with van der Waals surface area (Å²) in [7, 11) is 0. The summed E-state index contributed by atoms with van der Waals surface area (Å²) in [6.45, 7) is 0. The molecule has 0 fully saturated rings. The highest BCUT2D eigenvalue weighted by Gasteiger charge is 2.49. The van der Waals surface area contributed by atoms with Crippen LogP contribution < -0.4 is 0 Å². The van der Waals surface area contributed by atoms with Gasteiger partial charge in [0.2, 0.25) is 0 Å². The molecule has 2 aliphatic carbocycles. The number of aromatic nitrogens is 3. The SMILES string of the molecule is c1ccc(-c2cccc(-c3nc(-c4ccc5c(c4)C4(c6ccccc6-c6ccccc6-5)c5ccccc5-c5ccccc54)nc(-c4cccc5c4oc4ccccc45)n3)c2)cc1. The maximum absolute atomic E-state index is 6.59. The summed E-state index contributed by atoms with van der Waals surface area (Å²) < 4.78 is 6.59. The van der Waals surface area contributed by atoms with Gasteiger partial charge in [0.05, 0.1) is 11.0 Å². The first kappa shape index (κ1) is 34.6. The predicted molar refractivity (Wildman–Crippen MR) is 251 cm³/mol. The van der Waals surface area contributed by atoms with Gasteiger partial charge in [-0.25, -0.2) is 15.0 Å². The van der Waals surface area contributed by atoms with Crippen molar-refractivity contribution < 1.29 is 4.42 Å². The Labute approximate surface area is 358 Å². The van der Waals surface area contributed by atoms with Crippen LogP contribution in [0.5, 0.6) is 0 Å². The Balaban J connectivity index is 1.11. The second kappa shape index (κ2) is 13.4. The lowest BCUT2D eigenvalue weighted by Crippen LogP contribution is -2.29. The third-order valence-corrected chi connectivity index (χ3v) is 13.0. The molecule has 62 heavy (non-hydrogen) atoms. The zero-order valence-electron chi connectivity index (χ0n) is 33.5. The standard InChI is InChI=1S/C58H35N3O/c1-2-16-36(17-3-1)37-18-14-19-38(34-37)55-59-56(61-57(60-55)48-27-15-26-47-46-25-9-13-31-53(46)62-54(47)48)39-32-33-45-41-21-5-4-20-40(41)42-22-6-10-28-49(42)58(52(45)35-39)50-29-11-7-23-43(50)44-24-8-12-30-51(44)58/h1-35H. The van der Waals surface area contributed by atoms with E-state index >= 15 is 0 Å². The van der Waals surface area contributed by atoms with Gasteiger partial charge in [0.1, 0.15) is 11.2 Å². The number of furan rings is 1. The first-order valence-electron chi connectivity index (χ1n) is 21.1. The highest BCUT2D eigenvalue weighted by Crippen LogP contribution is 2.61. The number of benzene rings is 9. The van der Waals surface area contributed by atoms with Crippen LogP contribution in [-0.4, -0.2) is 15.0 Å². The second-order valence-corrected chi connectivity index (χ2v) is 16.2. The molecule has 0 radical (unpaired) electrons. The van der Waals surface area contributed by atoms with Crippen molar-refractivity contribution in [1.29, 1.82) is 0 Å². The molecular weight excluding hydrogens is 755 g/mol. The molecule has 2 aromatic heterocycles. The van der Waals surface area contributed by atoms with E-state index in [1.165, 1.54) is 55.6 Å². The molecule has 9 aromatic carbocycles. The average molecular weight is 790 g/mol. The first-order valence-corrected chi connectivity index (χ1v) is 21.1. The van der Waals surface area contributed by atoms with E-state index in [1.54, 1.807) is 0 Å². The summed E-state index contributed by atoms with van der Waals surface area (Å²) in [6, 6.07) is 75.9. The summed E-state index contributed by atoms with van der Waals surface area (Å²) >= 11 is 0. The lowest BCUT2D eigenvalue weighted by Gasteiger charge is -2.35. The van der Waals surface area contributed by atoms with Gasteiger partial charge in [-0.05, 0) is 91.0 Å². The Morgan fingerprint density at radius 2 is 0.758 bits per heavy atom. The molecule has 0 saturated heterocycles. The number of fused-ring (bicyclic) bond motifs is 15. The Hall–Kier alpha value is -8.21. The number of hydrogen-bond acceptors (Lipinski definition) is 4. The van der Waals surface area contributed by atoms with Gasteiger partial charge >= 0.3 is 0 Å². The average Bonchev–Trinajstić information content (AvgIpc) is 3.85. The lowest BCUT2D eigenvalue weighted by molar-refractivity contribution is 0.669. The number of nitrogens with zero attached hydrogens (tertiary/aromatic N) is 3. The van der Waals surface area contributed by atoms with Crippen LogP contribution in [0.25, 0.3) is 101 Å². The summed E-state index contributed by atoms with van der Waals surface area (Å²) in [5, 5.41) is 2.08. The van der Waals surface area contributed by atoms with E-state index in [0.29, 0.717) is 17.5 Å². The Kier molecular flexibility index (Phi) is 7.49. The molecular formula is C58H35N3O. The molecule has 4 nitrogen and oxygen atoms in total. The third kappa shape index (κ3) is 4.98. The molecule has 0 aliphatic heterocycles. The summed E-state index contributed by atoms with van der Waals surface area (Å²) in [5.74, 6) is 1.73. The van der Waals surface area contributed by atoms with Crippen LogP contribution >= 0.6 is 0 Å². The first-order chi connectivity index (χ1) is 30.7. The molecule has 288 valence electrons. The topological polar surface area (TPSA) is 51.8 Å². The Morgan fingerprint density at radius 1 is 0.290 bits per heavy atom. The van der Waals surface area contributed by atoms with Gasteiger partial charge in [0.15, 0.2) is 17.5 Å². The summed E-state index contributed by atoms with van der Waals surface area (Å²) in [4.78, 5) is 16.0. The van der Waals surface area contributed by atoms with Gasteiger partial charge in [-0.2, -0.15) is 0 Å². The van der Waals surface area contributed by atoms with Crippen LogP contribution in [0.4, 0.5) is 0 Å². The molecule has 11 aromatic rings. The smallest absolute Gasteiger partial charge is 0.167 e. The molecule has 0 N–H and O–H groups in total. The minimum Gasteiger partial charge on any atom is -0.455 e. The summed E-state index contributed by atoms with van der Waals surface area (Å²) in [5.41, 5.74) is 18.1. The maximum Gasteiger partial charge on any atom is 0.167 e. The van der Waals surface area contributed by atoms with Crippen molar-refractivity contribution in [3.63, 3.8) is 0 Å². The largest absolute Gasteiger partial charge is 0.455 e. The zero-order valence-corrected chi connectivity index (χ0v) is 33.5. The van der Waals surface area contributed by atoms with Crippen molar-refractivity contribution in [2.45, 2.75) is 5.41 Å². The molecule has 2 aliphatic rings. The van der Waals surface area contributed by atoms with Gasteiger partial charge in [-0.3, -0.25) is 0 Å². The van der Waals surface area contributed by atoms with Crippen molar-refractivity contribution in [3.8, 4) is 78.7 Å². The van der Waals surface area contributed by atoms with E-state index in [2.05, 4.69) is 188 Å². The van der Waals surface area contributed by atoms with E-state index in [0.717, 1.165) is 49.8 Å². The van der Waals surface area contributed by atoms with E-state index in [1.807, 2.05) is 24.3 Å². The highest BCUT2D eigenvalue weighted by molar-refractivity contribution is 6.09. The van der Waals surface area contributed by atoms with Crippen LogP contribution in [-0.2, 0) is 5.41 Å². The predicted octanol–water partition coefficient (Wildman–Crippen LogP) is 14.4. The molecule has 0 amide bonds. The second-order valence-electron chi connectivity index (χ2n) is 16.2.